The molecular formula is C21H33NOS. The number of thioether (sulfide) groups is 1. The highest BCUT2D eigenvalue weighted by Crippen LogP contribution is 2.40. The van der Waals surface area contributed by atoms with Crippen LogP contribution in [0.5, 0.6) is 0 Å². The third-order valence-electron chi connectivity index (χ3n) is 6.01. The van der Waals surface area contributed by atoms with Crippen molar-refractivity contribution in [1.82, 2.24) is 0 Å². The van der Waals surface area contributed by atoms with E-state index in [2.05, 4.69) is 36.9 Å². The first-order valence-electron chi connectivity index (χ1n) is 9.73. The first-order valence-corrected chi connectivity index (χ1v) is 10.9. The van der Waals surface area contributed by atoms with Crippen LogP contribution in [0.4, 0.5) is 0 Å². The fourth-order valence-electron chi connectivity index (χ4n) is 4.43. The summed E-state index contributed by atoms with van der Waals surface area (Å²) in [5.41, 5.74) is 10.5. The molecule has 1 aromatic carbocycles. The van der Waals surface area contributed by atoms with Crippen molar-refractivity contribution >= 4 is 11.8 Å². The second-order valence-corrected chi connectivity index (χ2v) is 9.22. The molecule has 2 aliphatic rings. The summed E-state index contributed by atoms with van der Waals surface area (Å²) in [6.07, 6.45) is 9.53. The van der Waals surface area contributed by atoms with E-state index in [4.69, 9.17) is 5.73 Å². The minimum Gasteiger partial charge on any atom is -0.394 e. The van der Waals surface area contributed by atoms with E-state index in [1.807, 2.05) is 0 Å². The molecular weight excluding hydrogens is 314 g/mol. The topological polar surface area (TPSA) is 46.2 Å². The molecule has 0 amide bonds. The van der Waals surface area contributed by atoms with Crippen molar-refractivity contribution in [2.24, 2.45) is 11.7 Å². The van der Waals surface area contributed by atoms with Crippen LogP contribution < -0.4 is 5.73 Å². The molecule has 24 heavy (non-hydrogen) atoms. The first-order chi connectivity index (χ1) is 11.6. The van der Waals surface area contributed by atoms with Crippen LogP contribution in [0.25, 0.3) is 0 Å². The zero-order chi connectivity index (χ0) is 17.0. The highest BCUT2D eigenvalue weighted by Gasteiger charge is 2.36. The summed E-state index contributed by atoms with van der Waals surface area (Å²) in [7, 11) is 0. The normalized spacial score (nSPS) is 29.6. The van der Waals surface area contributed by atoms with Gasteiger partial charge in [0.1, 0.15) is 0 Å². The van der Waals surface area contributed by atoms with Gasteiger partial charge in [-0.2, -0.15) is 11.8 Å². The molecule has 2 nitrogen and oxygen atoms in total. The van der Waals surface area contributed by atoms with Gasteiger partial charge in [-0.3, -0.25) is 0 Å². The molecule has 0 aromatic heterocycles. The van der Waals surface area contributed by atoms with Crippen molar-refractivity contribution in [2.75, 3.05) is 18.1 Å². The van der Waals surface area contributed by atoms with Crippen LogP contribution >= 0.6 is 11.8 Å². The van der Waals surface area contributed by atoms with E-state index >= 15 is 0 Å². The van der Waals surface area contributed by atoms with E-state index in [0.29, 0.717) is 5.92 Å². The van der Waals surface area contributed by atoms with Gasteiger partial charge in [0.2, 0.25) is 0 Å². The quantitative estimate of drug-likeness (QED) is 0.724. The van der Waals surface area contributed by atoms with Crippen molar-refractivity contribution in [3.63, 3.8) is 0 Å². The van der Waals surface area contributed by atoms with Gasteiger partial charge in [-0.25, -0.2) is 0 Å². The van der Waals surface area contributed by atoms with Crippen LogP contribution in [0.1, 0.15) is 68.1 Å². The molecule has 0 saturated heterocycles. The summed E-state index contributed by atoms with van der Waals surface area (Å²) >= 11 is 2.12. The number of aliphatic hydroxyl groups is 1. The van der Waals surface area contributed by atoms with Gasteiger partial charge in [0, 0.05) is 5.54 Å². The predicted octanol–water partition coefficient (Wildman–Crippen LogP) is 4.28. The lowest BCUT2D eigenvalue weighted by atomic mass is 9.80. The smallest absolute Gasteiger partial charge is 0.0611 e. The van der Waals surface area contributed by atoms with Gasteiger partial charge in [0.05, 0.1) is 6.61 Å². The monoisotopic (exact) mass is 347 g/mol. The van der Waals surface area contributed by atoms with E-state index in [1.54, 1.807) is 11.1 Å². The Balaban J connectivity index is 1.58. The molecule has 3 N–H and O–H groups in total. The summed E-state index contributed by atoms with van der Waals surface area (Å²) in [6, 6.07) is 7.16. The third kappa shape index (κ3) is 4.36. The highest BCUT2D eigenvalue weighted by molar-refractivity contribution is 7.99. The Hall–Kier alpha value is -0.510. The Labute approximate surface area is 151 Å². The van der Waals surface area contributed by atoms with E-state index < -0.39 is 0 Å². The number of nitrogens with two attached hydrogens (primary N) is 1. The average Bonchev–Trinajstić information content (AvgIpc) is 3.01. The van der Waals surface area contributed by atoms with Crippen molar-refractivity contribution in [3.05, 3.63) is 34.9 Å². The second-order valence-electron chi connectivity index (χ2n) is 8.00. The molecule has 134 valence electrons. The zero-order valence-corrected chi connectivity index (χ0v) is 15.9. The minimum atomic E-state index is -0.345. The Morgan fingerprint density at radius 2 is 2.12 bits per heavy atom. The number of fused-ring (bicyclic) bond motifs is 1. The Kier molecular flexibility index (Phi) is 6.28. The van der Waals surface area contributed by atoms with Gasteiger partial charge in [-0.05, 0) is 91.4 Å². The van der Waals surface area contributed by atoms with Crippen LogP contribution in [0.2, 0.25) is 0 Å². The summed E-state index contributed by atoms with van der Waals surface area (Å²) < 4.78 is 0. The molecule has 1 saturated carbocycles. The molecule has 2 aliphatic carbocycles. The molecule has 0 heterocycles. The molecule has 3 atom stereocenters. The maximum Gasteiger partial charge on any atom is 0.0611 e. The van der Waals surface area contributed by atoms with E-state index in [-0.39, 0.29) is 12.1 Å². The van der Waals surface area contributed by atoms with Crippen LogP contribution in [-0.4, -0.2) is 28.8 Å². The number of rotatable bonds is 7. The van der Waals surface area contributed by atoms with Gasteiger partial charge in [-0.1, -0.05) is 25.1 Å². The third-order valence-corrected chi connectivity index (χ3v) is 7.23. The molecule has 0 radical (unpaired) electrons. The zero-order valence-electron chi connectivity index (χ0n) is 15.1. The summed E-state index contributed by atoms with van der Waals surface area (Å²) in [4.78, 5) is 0. The van der Waals surface area contributed by atoms with Crippen LogP contribution in [0.3, 0.4) is 0 Å². The Morgan fingerprint density at radius 1 is 1.25 bits per heavy atom. The fourth-order valence-corrected chi connectivity index (χ4v) is 5.42. The molecule has 0 spiro atoms. The summed E-state index contributed by atoms with van der Waals surface area (Å²) in [5, 5.41) is 9.49. The van der Waals surface area contributed by atoms with Gasteiger partial charge in [0.15, 0.2) is 0 Å². The summed E-state index contributed by atoms with van der Waals surface area (Å²) in [5.74, 6) is 4.05. The second kappa shape index (κ2) is 8.25. The van der Waals surface area contributed by atoms with Gasteiger partial charge in [-0.15, -0.1) is 0 Å². The van der Waals surface area contributed by atoms with Gasteiger partial charge in [0.25, 0.3) is 0 Å². The van der Waals surface area contributed by atoms with Gasteiger partial charge < -0.3 is 10.8 Å². The predicted molar refractivity (Wildman–Crippen MR) is 105 cm³/mol. The van der Waals surface area contributed by atoms with E-state index in [0.717, 1.165) is 25.2 Å². The van der Waals surface area contributed by atoms with Gasteiger partial charge >= 0.3 is 0 Å². The molecule has 0 aliphatic heterocycles. The van der Waals surface area contributed by atoms with Crippen LogP contribution in [0.15, 0.2) is 18.2 Å². The van der Waals surface area contributed by atoms with Crippen molar-refractivity contribution in [2.45, 2.75) is 69.7 Å². The van der Waals surface area contributed by atoms with Crippen LogP contribution in [-0.2, 0) is 12.8 Å². The van der Waals surface area contributed by atoms with Crippen molar-refractivity contribution < 1.29 is 5.11 Å². The van der Waals surface area contributed by atoms with Crippen molar-refractivity contribution in [1.29, 1.82) is 0 Å². The number of aryl methyl sites for hydroxylation is 1. The number of hydrogen-bond donors (Lipinski definition) is 2. The maximum absolute atomic E-state index is 9.49. The van der Waals surface area contributed by atoms with E-state index in [1.165, 1.54) is 49.2 Å². The lowest BCUT2D eigenvalue weighted by Gasteiger charge is -2.26. The van der Waals surface area contributed by atoms with Crippen LogP contribution in [0, 0.1) is 5.92 Å². The number of aliphatic hydroxyl groups excluding tert-OH is 1. The number of benzene rings is 1. The highest BCUT2D eigenvalue weighted by atomic mass is 32.2. The Morgan fingerprint density at radius 3 is 2.88 bits per heavy atom. The Bertz CT molecular complexity index is 547. The molecule has 3 heteroatoms. The number of hydrogen-bond acceptors (Lipinski definition) is 3. The van der Waals surface area contributed by atoms with E-state index in [9.17, 15) is 5.11 Å². The molecule has 1 unspecified atom stereocenters. The molecule has 1 fully saturated rings. The maximum atomic E-state index is 9.49. The van der Waals surface area contributed by atoms with Crippen molar-refractivity contribution in [3.8, 4) is 0 Å². The summed E-state index contributed by atoms with van der Waals surface area (Å²) in [6.45, 7) is 2.38. The SMILES string of the molecule is CCCSCCC1CCc2cc([C@H]3CC[C@](N)(CO)C3)ccc2C1. The molecule has 3 rings (SSSR count). The lowest BCUT2D eigenvalue weighted by Crippen LogP contribution is -2.40. The minimum absolute atomic E-state index is 0.117. The standard InChI is InChI=1S/C21H33NOS/c1-2-10-24-11-8-16-3-4-18-13-19(6-5-17(18)12-16)20-7-9-21(22,14-20)15-23/h5-6,13,16,20,23H,2-4,7-12,14-15,22H2,1H3/t16?,20-,21+/m0/s1. The first kappa shape index (κ1) is 18.3. The molecule has 1 aromatic rings. The average molecular weight is 348 g/mol. The largest absolute Gasteiger partial charge is 0.394 e. The molecule has 0 bridgehead atoms. The lowest BCUT2D eigenvalue weighted by molar-refractivity contribution is 0.198. The fraction of sp³-hybridized carbons (Fsp3) is 0.714.